The van der Waals surface area contributed by atoms with Crippen molar-refractivity contribution in [3.05, 3.63) is 107 Å². The number of halogens is 6. The third kappa shape index (κ3) is 19.1. The zero-order valence-electron chi connectivity index (χ0n) is 31.4. The summed E-state index contributed by atoms with van der Waals surface area (Å²) in [5, 5.41) is 33.3. The van der Waals surface area contributed by atoms with E-state index < -0.39 is 18.1 Å². The van der Waals surface area contributed by atoms with E-state index in [1.165, 1.54) is 36.4 Å². The summed E-state index contributed by atoms with van der Waals surface area (Å²) < 4.78 is 38.2. The summed E-state index contributed by atoms with van der Waals surface area (Å²) in [4.78, 5) is 38.7. The molecule has 0 saturated carbocycles. The van der Waals surface area contributed by atoms with Gasteiger partial charge in [-0.15, -0.1) is 0 Å². The molecule has 5 rings (SSSR count). The van der Waals surface area contributed by atoms with Gasteiger partial charge in [0.1, 0.15) is 23.5 Å². The molecule has 2 aliphatic rings. The quantitative estimate of drug-likeness (QED) is 0.156. The summed E-state index contributed by atoms with van der Waals surface area (Å²) in [7, 11) is 3.34. The molecule has 17 heteroatoms. The SMILES string of the molecule is CN[C@@H](Cc1ccc(F)cc1)C(=O)N1CCC(O)CC1.CN[C@@H](Cc1ccc(F)cc1)C(=O)O.I[I-]I.N[C@@H](Cc1ccc(F)cc1)C(=O)N1CCC(O)CC1. The maximum Gasteiger partial charge on any atom is 0.239 e. The molecule has 0 bridgehead atoms. The second-order valence-electron chi connectivity index (χ2n) is 13.3. The molecule has 3 aromatic rings. The van der Waals surface area contributed by atoms with Gasteiger partial charge in [-0.1, -0.05) is 36.4 Å². The molecule has 0 spiro atoms. The Morgan fingerprint density at radius 2 is 0.964 bits per heavy atom. The number of aliphatic carboxylic acids is 1. The molecule has 2 saturated heterocycles. The van der Waals surface area contributed by atoms with Crippen LogP contribution in [-0.2, 0) is 33.6 Å². The van der Waals surface area contributed by atoms with Crippen molar-refractivity contribution in [1.29, 1.82) is 0 Å². The Hall–Kier alpha value is -2.15. The first-order chi connectivity index (χ1) is 26.7. The number of hydrogen-bond donors (Lipinski definition) is 6. The van der Waals surface area contributed by atoms with E-state index in [0.717, 1.165) is 16.7 Å². The van der Waals surface area contributed by atoms with Crippen LogP contribution in [0.4, 0.5) is 13.2 Å². The van der Waals surface area contributed by atoms with Crippen molar-refractivity contribution < 1.29 is 56.1 Å². The predicted molar refractivity (Wildman–Crippen MR) is 223 cm³/mol. The third-order valence-corrected chi connectivity index (χ3v) is 9.24. The zero-order valence-corrected chi connectivity index (χ0v) is 37.9. The number of likely N-dealkylation sites (tertiary alicyclic amines) is 2. The molecule has 0 aliphatic carbocycles. The van der Waals surface area contributed by atoms with Crippen molar-refractivity contribution in [3.8, 4) is 0 Å². The van der Waals surface area contributed by atoms with Crippen molar-refractivity contribution in [2.75, 3.05) is 40.3 Å². The van der Waals surface area contributed by atoms with E-state index in [9.17, 15) is 37.8 Å². The fraction of sp³-hybridized carbons (Fsp3) is 0.462. The number of nitrogens with two attached hydrogens (primary N) is 1. The van der Waals surface area contributed by atoms with E-state index in [0.29, 0.717) is 84.4 Å². The number of piperidine rings is 2. The molecular formula is C39H52F3I3N5O6-. The number of nitrogens with one attached hydrogen (secondary N) is 2. The van der Waals surface area contributed by atoms with Crippen LogP contribution < -0.4 is 29.6 Å². The van der Waals surface area contributed by atoms with Crippen LogP contribution in [-0.4, -0.2) is 114 Å². The van der Waals surface area contributed by atoms with Crippen LogP contribution >= 0.6 is 37.2 Å². The van der Waals surface area contributed by atoms with Gasteiger partial charge in [0.2, 0.25) is 11.8 Å². The number of hydrogen-bond acceptors (Lipinski definition) is 8. The van der Waals surface area contributed by atoms with Crippen LogP contribution in [0.5, 0.6) is 0 Å². The van der Waals surface area contributed by atoms with Crippen LogP contribution in [0.2, 0.25) is 0 Å². The van der Waals surface area contributed by atoms with Gasteiger partial charge in [0.05, 0.1) is 24.3 Å². The van der Waals surface area contributed by atoms with Gasteiger partial charge in [0.25, 0.3) is 0 Å². The Morgan fingerprint density at radius 3 is 1.29 bits per heavy atom. The molecule has 2 amide bonds. The van der Waals surface area contributed by atoms with Crippen LogP contribution in [0, 0.1) is 17.5 Å². The number of rotatable bonds is 11. The normalized spacial score (nSPS) is 16.2. The van der Waals surface area contributed by atoms with Crippen molar-refractivity contribution in [1.82, 2.24) is 20.4 Å². The van der Waals surface area contributed by atoms with Crippen molar-refractivity contribution in [2.45, 2.75) is 75.3 Å². The van der Waals surface area contributed by atoms with E-state index in [1.54, 1.807) is 60.3 Å². The number of carbonyl (C=O) groups excluding carboxylic acids is 2. The molecule has 56 heavy (non-hydrogen) atoms. The fourth-order valence-electron chi connectivity index (χ4n) is 5.93. The Bertz CT molecular complexity index is 1580. The molecule has 3 atom stereocenters. The van der Waals surface area contributed by atoms with Crippen molar-refractivity contribution in [2.24, 2.45) is 5.73 Å². The average Bonchev–Trinajstić information content (AvgIpc) is 3.19. The standard InChI is InChI=1S/C15H21FN2O2.C14H19FN2O2.C10H12FNO2.I3/c1-17-14(10-11-2-4-12(16)5-3-11)15(20)18-8-6-13(19)7-9-18;15-11-3-1-10(2-4-11)9-13(16)14(19)17-7-5-12(18)6-8-17;1-12-9(10(13)14)6-7-2-4-8(11)5-3-7;1-3-2/h2-5,13-14,17,19H,6-10H2,1H3;1-4,12-13,18H,5-9,16H2;2-5,9,12H,6H2,1H3,(H,13,14);/q;;;-1/t14-;13-;9-;/m000./s1. The van der Waals surface area contributed by atoms with Crippen molar-refractivity contribution >= 4 is 55.0 Å². The number of nitrogens with zero attached hydrogens (tertiary/aromatic N) is 2. The van der Waals surface area contributed by atoms with Crippen LogP contribution in [0.15, 0.2) is 72.8 Å². The molecule has 11 nitrogen and oxygen atoms in total. The smallest absolute Gasteiger partial charge is 0.239 e. The second kappa shape index (κ2) is 27.5. The molecular weight excluding hydrogens is 1070 g/mol. The van der Waals surface area contributed by atoms with E-state index >= 15 is 0 Å². The fourth-order valence-corrected chi connectivity index (χ4v) is 5.93. The number of carbonyl (C=O) groups is 3. The van der Waals surface area contributed by atoms with Crippen molar-refractivity contribution in [3.63, 3.8) is 0 Å². The van der Waals surface area contributed by atoms with Crippen LogP contribution in [0.25, 0.3) is 0 Å². The second-order valence-corrected chi connectivity index (χ2v) is 29.5. The first-order valence-corrected chi connectivity index (χ1v) is 30.6. The van der Waals surface area contributed by atoms with Crippen LogP contribution in [0.1, 0.15) is 42.4 Å². The number of amides is 2. The van der Waals surface area contributed by atoms with E-state index in [-0.39, 0.29) is 47.5 Å². The Kier molecular flexibility index (Phi) is 24.6. The molecule has 0 aromatic heterocycles. The Morgan fingerprint density at radius 1 is 0.661 bits per heavy atom. The summed E-state index contributed by atoms with van der Waals surface area (Å²) in [6.45, 7) is 2.30. The maximum absolute atomic E-state index is 12.9. The first kappa shape index (κ1) is 50.0. The minimum Gasteiger partial charge on any atom is -0.393 e. The van der Waals surface area contributed by atoms with Gasteiger partial charge in [-0.3, -0.25) is 14.4 Å². The number of likely N-dealkylation sites (N-methyl/N-ethyl adjacent to an activating group) is 2. The van der Waals surface area contributed by atoms with Gasteiger partial charge in [-0.25, -0.2) is 13.2 Å². The third-order valence-electron chi connectivity index (χ3n) is 9.24. The topological polar surface area (TPSA) is 168 Å². The number of aliphatic hydroxyl groups excluding tert-OH is 2. The average molecular weight is 1120 g/mol. The maximum atomic E-state index is 12.9. The van der Waals surface area contributed by atoms with Gasteiger partial charge < -0.3 is 41.5 Å². The summed E-state index contributed by atoms with van der Waals surface area (Å²) in [6, 6.07) is 16.5. The first-order valence-electron chi connectivity index (χ1n) is 18.1. The minimum atomic E-state index is -0.906. The zero-order chi connectivity index (χ0) is 41.6. The monoisotopic (exact) mass is 1120 g/mol. The summed E-state index contributed by atoms with van der Waals surface area (Å²) in [5.74, 6) is -1.85. The summed E-state index contributed by atoms with van der Waals surface area (Å²) >= 11 is 5.30. The number of aliphatic hydroxyl groups is 2. The van der Waals surface area contributed by atoms with Gasteiger partial charge in [-0.05, 0) is 112 Å². The van der Waals surface area contributed by atoms with E-state index in [4.69, 9.17) is 10.8 Å². The predicted octanol–water partition coefficient (Wildman–Crippen LogP) is 1.43. The van der Waals surface area contributed by atoms with E-state index in [2.05, 4.69) is 47.9 Å². The number of carboxylic acid groups (broad SMARTS) is 1. The molecule has 3 aromatic carbocycles. The van der Waals surface area contributed by atoms with Crippen LogP contribution in [0.3, 0.4) is 0 Å². The Labute approximate surface area is 357 Å². The minimum absolute atomic E-state index is 0.0451. The molecule has 0 radical (unpaired) electrons. The molecule has 2 fully saturated rings. The Balaban J connectivity index is 0.000000284. The number of carboxylic acids is 1. The molecule has 312 valence electrons. The molecule has 2 aliphatic heterocycles. The number of benzene rings is 3. The van der Waals surface area contributed by atoms with Gasteiger partial charge in [-0.2, -0.15) is 0 Å². The summed E-state index contributed by atoms with van der Waals surface area (Å²) in [6.07, 6.45) is 3.18. The van der Waals surface area contributed by atoms with E-state index in [1.807, 2.05) is 0 Å². The molecule has 2 heterocycles. The molecule has 0 unspecified atom stereocenters. The van der Waals surface area contributed by atoms with Gasteiger partial charge in [0.15, 0.2) is 0 Å². The molecule has 7 N–H and O–H groups in total. The largest absolute Gasteiger partial charge is 0.393 e. The van der Waals surface area contributed by atoms with Gasteiger partial charge in [0, 0.05) is 26.2 Å². The van der Waals surface area contributed by atoms with Gasteiger partial charge >= 0.3 is 56.5 Å². The summed E-state index contributed by atoms with van der Waals surface area (Å²) in [5.41, 5.74) is 8.48.